The van der Waals surface area contributed by atoms with Gasteiger partial charge in [0.1, 0.15) is 0 Å². The van der Waals surface area contributed by atoms with Gasteiger partial charge < -0.3 is 5.32 Å². The quantitative estimate of drug-likeness (QED) is 0.607. The first kappa shape index (κ1) is 11.1. The summed E-state index contributed by atoms with van der Waals surface area (Å²) in [5.74, 6) is -0.168. The number of hydrogen-bond acceptors (Lipinski definition) is 4. The van der Waals surface area contributed by atoms with Crippen LogP contribution < -0.4 is 10.7 Å². The Morgan fingerprint density at radius 3 is 2.64 bits per heavy atom. The van der Waals surface area contributed by atoms with Crippen LogP contribution in [0.5, 0.6) is 0 Å². The highest BCUT2D eigenvalue weighted by molar-refractivity contribution is 5.80. The summed E-state index contributed by atoms with van der Waals surface area (Å²) in [5, 5.41) is 4.47. The summed E-state index contributed by atoms with van der Waals surface area (Å²) in [6.45, 7) is 2.20. The fourth-order valence-electron chi connectivity index (χ4n) is 1.43. The van der Waals surface area contributed by atoms with Crippen molar-refractivity contribution < 1.29 is 9.59 Å². The molecule has 5 heteroatoms. The number of hydrogen-bond donors (Lipinski definition) is 2. The topological polar surface area (TPSA) is 61.4 Å². The Kier molecular flexibility index (Phi) is 5.17. The number of amides is 1. The van der Waals surface area contributed by atoms with Crippen LogP contribution in [0.15, 0.2) is 0 Å². The molecular weight excluding hydrogens is 182 g/mol. The van der Waals surface area contributed by atoms with E-state index in [0.29, 0.717) is 0 Å². The number of carbonyl (C=O) groups excluding carboxylic acids is 2. The van der Waals surface area contributed by atoms with Crippen molar-refractivity contribution in [3.05, 3.63) is 0 Å². The van der Waals surface area contributed by atoms with Gasteiger partial charge in [-0.1, -0.05) is 6.42 Å². The normalized spacial score (nSPS) is 17.7. The maximum Gasteiger partial charge on any atom is 0.235 e. The first-order chi connectivity index (χ1) is 6.83. The Labute approximate surface area is 83.8 Å². The minimum absolute atomic E-state index is 0.0273. The molecule has 0 aromatic rings. The first-order valence-corrected chi connectivity index (χ1v) is 4.93. The first-order valence-electron chi connectivity index (χ1n) is 4.93. The lowest BCUT2D eigenvalue weighted by Crippen LogP contribution is -2.46. The van der Waals surface area contributed by atoms with Gasteiger partial charge in [-0.3, -0.25) is 9.59 Å². The van der Waals surface area contributed by atoms with Crippen LogP contribution >= 0.6 is 0 Å². The Hall–Kier alpha value is -0.940. The second-order valence-corrected chi connectivity index (χ2v) is 3.30. The molecule has 0 bridgehead atoms. The van der Waals surface area contributed by atoms with E-state index in [1.165, 1.54) is 19.3 Å². The van der Waals surface area contributed by atoms with Crippen molar-refractivity contribution in [2.45, 2.75) is 19.3 Å². The fraction of sp³-hybridized carbons (Fsp3) is 0.778. The molecule has 79 valence electrons. The van der Waals surface area contributed by atoms with Crippen molar-refractivity contribution in [2.75, 3.05) is 26.2 Å². The number of hydrazine groups is 1. The number of carbonyl (C=O) groups is 1. The molecule has 1 fully saturated rings. The third kappa shape index (κ3) is 4.34. The van der Waals surface area contributed by atoms with E-state index < -0.39 is 0 Å². The Bertz CT molecular complexity index is 190. The minimum Gasteiger partial charge on any atom is -0.347 e. The van der Waals surface area contributed by atoms with Crippen LogP contribution in [0.4, 0.5) is 0 Å². The van der Waals surface area contributed by atoms with Crippen LogP contribution in [-0.2, 0) is 9.59 Å². The molecule has 14 heavy (non-hydrogen) atoms. The molecule has 1 radical (unpaired) electrons. The summed E-state index contributed by atoms with van der Waals surface area (Å²) in [6, 6.07) is 0. The predicted molar refractivity (Wildman–Crippen MR) is 52.1 cm³/mol. The van der Waals surface area contributed by atoms with E-state index in [1.54, 1.807) is 6.29 Å². The molecular formula is C9H16N3O2. The van der Waals surface area contributed by atoms with Gasteiger partial charge in [0, 0.05) is 13.1 Å². The number of piperidine rings is 1. The molecule has 0 aromatic heterocycles. The molecule has 1 rings (SSSR count). The van der Waals surface area contributed by atoms with E-state index in [0.717, 1.165) is 13.1 Å². The van der Waals surface area contributed by atoms with Gasteiger partial charge in [-0.2, -0.15) is 0 Å². The number of nitrogens with zero attached hydrogens (tertiary/aromatic N) is 1. The maximum atomic E-state index is 11.1. The molecule has 5 nitrogen and oxygen atoms in total. The van der Waals surface area contributed by atoms with E-state index in [4.69, 9.17) is 0 Å². The third-order valence-corrected chi connectivity index (χ3v) is 2.18. The van der Waals surface area contributed by atoms with E-state index in [2.05, 4.69) is 10.7 Å². The number of nitrogens with one attached hydrogen (secondary N) is 2. The average molecular weight is 198 g/mol. The average Bonchev–Trinajstić information content (AvgIpc) is 2.25. The number of rotatable bonds is 5. The largest absolute Gasteiger partial charge is 0.347 e. The van der Waals surface area contributed by atoms with Crippen LogP contribution in [0.1, 0.15) is 19.3 Å². The molecule has 1 aliphatic heterocycles. The van der Waals surface area contributed by atoms with Gasteiger partial charge in [-0.15, -0.1) is 0 Å². The van der Waals surface area contributed by atoms with Crippen LogP contribution in [-0.4, -0.2) is 43.4 Å². The maximum absolute atomic E-state index is 11.1. The van der Waals surface area contributed by atoms with Gasteiger partial charge in [0.15, 0.2) is 0 Å². The zero-order valence-corrected chi connectivity index (χ0v) is 8.21. The SMILES string of the molecule is O=[C]CNC(=O)CNN1CCCCC1. The highest BCUT2D eigenvalue weighted by Crippen LogP contribution is 2.05. The lowest BCUT2D eigenvalue weighted by Gasteiger charge is -2.26. The monoisotopic (exact) mass is 198 g/mol. The van der Waals surface area contributed by atoms with Gasteiger partial charge in [0.25, 0.3) is 0 Å². The summed E-state index contributed by atoms with van der Waals surface area (Å²) in [7, 11) is 0. The molecule has 1 heterocycles. The lowest BCUT2D eigenvalue weighted by molar-refractivity contribution is -0.121. The van der Waals surface area contributed by atoms with Crippen molar-refractivity contribution in [1.82, 2.24) is 15.8 Å². The van der Waals surface area contributed by atoms with E-state index in [-0.39, 0.29) is 19.0 Å². The van der Waals surface area contributed by atoms with Crippen molar-refractivity contribution in [1.29, 1.82) is 0 Å². The fourth-order valence-corrected chi connectivity index (χ4v) is 1.43. The highest BCUT2D eigenvalue weighted by atomic mass is 16.2. The summed E-state index contributed by atoms with van der Waals surface area (Å²) >= 11 is 0. The van der Waals surface area contributed by atoms with Gasteiger partial charge in [-0.05, 0) is 12.8 Å². The minimum atomic E-state index is -0.168. The summed E-state index contributed by atoms with van der Waals surface area (Å²) in [5.41, 5.74) is 3.02. The molecule has 0 atom stereocenters. The van der Waals surface area contributed by atoms with E-state index in [1.807, 2.05) is 5.01 Å². The van der Waals surface area contributed by atoms with Crippen LogP contribution in [0.25, 0.3) is 0 Å². The Balaban J connectivity index is 2.06. The van der Waals surface area contributed by atoms with Crippen molar-refractivity contribution in [2.24, 2.45) is 0 Å². The van der Waals surface area contributed by atoms with Gasteiger partial charge in [0.2, 0.25) is 12.2 Å². The Morgan fingerprint density at radius 1 is 1.29 bits per heavy atom. The van der Waals surface area contributed by atoms with Gasteiger partial charge >= 0.3 is 0 Å². The third-order valence-electron chi connectivity index (χ3n) is 2.18. The Morgan fingerprint density at radius 2 is 2.00 bits per heavy atom. The molecule has 0 unspecified atom stereocenters. The molecule has 0 aromatic carbocycles. The molecule has 1 saturated heterocycles. The summed E-state index contributed by atoms with van der Waals surface area (Å²) in [6.07, 6.45) is 5.24. The molecule has 0 spiro atoms. The predicted octanol–water partition coefficient (Wildman–Crippen LogP) is -0.797. The van der Waals surface area contributed by atoms with E-state index >= 15 is 0 Å². The molecule has 0 saturated carbocycles. The van der Waals surface area contributed by atoms with Crippen molar-refractivity contribution >= 4 is 12.2 Å². The molecule has 1 aliphatic rings. The zero-order valence-electron chi connectivity index (χ0n) is 8.21. The molecule has 1 amide bonds. The van der Waals surface area contributed by atoms with Crippen LogP contribution in [0, 0.1) is 0 Å². The van der Waals surface area contributed by atoms with Gasteiger partial charge in [0.05, 0.1) is 13.1 Å². The van der Waals surface area contributed by atoms with Crippen LogP contribution in [0.2, 0.25) is 0 Å². The second kappa shape index (κ2) is 6.50. The molecule has 0 aliphatic carbocycles. The van der Waals surface area contributed by atoms with Crippen molar-refractivity contribution in [3.8, 4) is 0 Å². The summed E-state index contributed by atoms with van der Waals surface area (Å²) < 4.78 is 0. The van der Waals surface area contributed by atoms with Crippen molar-refractivity contribution in [3.63, 3.8) is 0 Å². The molecule has 2 N–H and O–H groups in total. The standard InChI is InChI=1S/C9H16N3O2/c13-7-4-10-9(14)8-11-12-5-2-1-3-6-12/h11H,1-6,8H2,(H,10,14). The second-order valence-electron chi connectivity index (χ2n) is 3.30. The smallest absolute Gasteiger partial charge is 0.235 e. The lowest BCUT2D eigenvalue weighted by atomic mass is 10.2. The van der Waals surface area contributed by atoms with E-state index in [9.17, 15) is 9.59 Å². The zero-order chi connectivity index (χ0) is 10.2. The highest BCUT2D eigenvalue weighted by Gasteiger charge is 2.10. The summed E-state index contributed by atoms with van der Waals surface area (Å²) in [4.78, 5) is 20.9. The van der Waals surface area contributed by atoms with Gasteiger partial charge in [-0.25, -0.2) is 10.4 Å². The van der Waals surface area contributed by atoms with Crippen LogP contribution in [0.3, 0.4) is 0 Å².